The third-order valence-electron chi connectivity index (χ3n) is 5.65. The van der Waals surface area contributed by atoms with Crippen LogP contribution in [0.3, 0.4) is 0 Å². The van der Waals surface area contributed by atoms with Crippen LogP contribution in [0.1, 0.15) is 5.56 Å². The monoisotopic (exact) mass is 559 g/mol. The zero-order chi connectivity index (χ0) is 24.4. The van der Waals surface area contributed by atoms with Crippen LogP contribution in [-0.2, 0) is 10.0 Å². The van der Waals surface area contributed by atoms with Gasteiger partial charge in [-0.3, -0.25) is 0 Å². The molecule has 0 aliphatic heterocycles. The van der Waals surface area contributed by atoms with Gasteiger partial charge >= 0.3 is 0 Å². The molecule has 35 heavy (non-hydrogen) atoms. The third-order valence-corrected chi connectivity index (χ3v) is 9.50. The summed E-state index contributed by atoms with van der Waals surface area (Å²) in [6.07, 6.45) is 0. The molecular weight excluding hydrogens is 538 g/mol. The van der Waals surface area contributed by atoms with E-state index in [2.05, 4.69) is 15.9 Å². The number of rotatable bonds is 6. The van der Waals surface area contributed by atoms with Gasteiger partial charge in [0.2, 0.25) is 0 Å². The lowest BCUT2D eigenvalue weighted by Crippen LogP contribution is -2.15. The van der Waals surface area contributed by atoms with Crippen molar-refractivity contribution < 1.29 is 8.42 Å². The molecule has 0 N–H and O–H groups in total. The Hall–Kier alpha value is -3.06. The Morgan fingerprint density at radius 3 is 1.69 bits per heavy atom. The lowest BCUT2D eigenvalue weighted by molar-refractivity contribution is 0.588. The van der Waals surface area contributed by atoms with Crippen molar-refractivity contribution in [3.63, 3.8) is 0 Å². The number of hydrogen-bond donors (Lipinski definition) is 0. The summed E-state index contributed by atoms with van der Waals surface area (Å²) in [5.74, 6) is 0. The SMILES string of the molecule is Cc1ccc(S(=O)(=O)n2c(-c3ccccc3)c(Br)c(Sc3ccccc3)c2-c2ccccc2)cc1. The van der Waals surface area contributed by atoms with Crippen molar-refractivity contribution in [3.05, 3.63) is 125 Å². The van der Waals surface area contributed by atoms with E-state index < -0.39 is 10.0 Å². The first-order chi connectivity index (χ1) is 17.0. The molecule has 0 bridgehead atoms. The van der Waals surface area contributed by atoms with Gasteiger partial charge in [0, 0.05) is 16.0 Å². The van der Waals surface area contributed by atoms with Crippen molar-refractivity contribution in [1.29, 1.82) is 0 Å². The van der Waals surface area contributed by atoms with Gasteiger partial charge in [0.25, 0.3) is 10.0 Å². The maximum absolute atomic E-state index is 14.3. The largest absolute Gasteiger partial charge is 0.268 e. The summed E-state index contributed by atoms with van der Waals surface area (Å²) >= 11 is 5.36. The predicted molar refractivity (Wildman–Crippen MR) is 147 cm³/mol. The molecule has 0 fully saturated rings. The van der Waals surface area contributed by atoms with Crippen LogP contribution in [0.25, 0.3) is 22.5 Å². The van der Waals surface area contributed by atoms with Crippen LogP contribution < -0.4 is 0 Å². The van der Waals surface area contributed by atoms with E-state index in [9.17, 15) is 8.42 Å². The van der Waals surface area contributed by atoms with Gasteiger partial charge in [-0.1, -0.05) is 108 Å². The number of aryl methyl sites for hydroxylation is 1. The van der Waals surface area contributed by atoms with Crippen molar-refractivity contribution >= 4 is 37.7 Å². The molecule has 5 aromatic rings. The molecule has 0 saturated carbocycles. The van der Waals surface area contributed by atoms with Gasteiger partial charge in [0.1, 0.15) is 0 Å². The average molecular weight is 561 g/mol. The molecule has 0 unspecified atom stereocenters. The van der Waals surface area contributed by atoms with Crippen molar-refractivity contribution in [3.8, 4) is 22.5 Å². The molecule has 1 aromatic heterocycles. The quantitative estimate of drug-likeness (QED) is 0.210. The zero-order valence-corrected chi connectivity index (χ0v) is 22.1. The molecule has 0 spiro atoms. The van der Waals surface area contributed by atoms with E-state index in [-0.39, 0.29) is 4.90 Å². The second-order valence-electron chi connectivity index (χ2n) is 8.07. The lowest BCUT2D eigenvalue weighted by Gasteiger charge is -2.16. The van der Waals surface area contributed by atoms with Gasteiger partial charge in [-0.2, -0.15) is 0 Å². The number of benzene rings is 4. The summed E-state index contributed by atoms with van der Waals surface area (Å²) in [6, 6.07) is 36.3. The number of halogens is 1. The first-order valence-electron chi connectivity index (χ1n) is 11.1. The molecule has 1 heterocycles. The molecule has 4 aromatic carbocycles. The van der Waals surface area contributed by atoms with Crippen LogP contribution in [-0.4, -0.2) is 12.4 Å². The summed E-state index contributed by atoms with van der Waals surface area (Å²) in [6.45, 7) is 1.95. The standard InChI is InChI=1S/C29H22BrNO2S2/c1-21-17-19-25(20-18-21)35(32,33)31-27(22-11-5-2-6-12-22)26(30)29(34-24-15-9-4-10-16-24)28(31)23-13-7-3-8-14-23/h2-20H,1H3. The Morgan fingerprint density at radius 2 is 1.14 bits per heavy atom. The van der Waals surface area contributed by atoms with E-state index in [0.717, 1.165) is 31.0 Å². The minimum Gasteiger partial charge on any atom is -0.231 e. The van der Waals surface area contributed by atoms with Crippen LogP contribution in [0, 0.1) is 6.92 Å². The van der Waals surface area contributed by atoms with Crippen molar-refractivity contribution in [2.45, 2.75) is 21.6 Å². The van der Waals surface area contributed by atoms with E-state index in [0.29, 0.717) is 11.4 Å². The molecule has 3 nitrogen and oxygen atoms in total. The van der Waals surface area contributed by atoms with Gasteiger partial charge in [-0.05, 0) is 47.1 Å². The number of nitrogens with zero attached hydrogens (tertiary/aromatic N) is 1. The van der Waals surface area contributed by atoms with Crippen LogP contribution in [0.15, 0.2) is 134 Å². The fourth-order valence-electron chi connectivity index (χ4n) is 3.94. The lowest BCUT2D eigenvalue weighted by atomic mass is 10.1. The molecule has 0 aliphatic rings. The first-order valence-corrected chi connectivity index (χ1v) is 14.1. The van der Waals surface area contributed by atoms with E-state index in [1.807, 2.05) is 110 Å². The Balaban J connectivity index is 1.88. The van der Waals surface area contributed by atoms with E-state index >= 15 is 0 Å². The zero-order valence-electron chi connectivity index (χ0n) is 18.9. The molecule has 0 radical (unpaired) electrons. The number of aromatic nitrogens is 1. The van der Waals surface area contributed by atoms with Gasteiger partial charge < -0.3 is 0 Å². The molecule has 0 atom stereocenters. The molecular formula is C29H22BrNO2S2. The van der Waals surface area contributed by atoms with Crippen LogP contribution >= 0.6 is 27.7 Å². The number of hydrogen-bond acceptors (Lipinski definition) is 3. The summed E-state index contributed by atoms with van der Waals surface area (Å²) in [4.78, 5) is 2.11. The van der Waals surface area contributed by atoms with Crippen molar-refractivity contribution in [2.24, 2.45) is 0 Å². The minimum atomic E-state index is -3.93. The smallest absolute Gasteiger partial charge is 0.231 e. The Bertz CT molecular complexity index is 1560. The molecule has 6 heteroatoms. The van der Waals surface area contributed by atoms with Crippen LogP contribution in [0.5, 0.6) is 0 Å². The minimum absolute atomic E-state index is 0.247. The Labute approximate surface area is 218 Å². The van der Waals surface area contributed by atoms with E-state index in [1.54, 1.807) is 23.9 Å². The molecule has 0 saturated heterocycles. The summed E-state index contributed by atoms with van der Waals surface area (Å²) in [5.41, 5.74) is 3.87. The normalized spacial score (nSPS) is 11.5. The second kappa shape index (κ2) is 9.90. The van der Waals surface area contributed by atoms with E-state index in [4.69, 9.17) is 0 Å². The highest BCUT2D eigenvalue weighted by atomic mass is 79.9. The highest BCUT2D eigenvalue weighted by molar-refractivity contribution is 9.10. The maximum Gasteiger partial charge on any atom is 0.268 e. The summed E-state index contributed by atoms with van der Waals surface area (Å²) in [7, 11) is -3.93. The Morgan fingerprint density at radius 1 is 0.657 bits per heavy atom. The van der Waals surface area contributed by atoms with Crippen LogP contribution in [0.2, 0.25) is 0 Å². The summed E-state index contributed by atoms with van der Waals surface area (Å²) in [5, 5.41) is 0. The first kappa shape index (κ1) is 23.7. The Kier molecular flexibility index (Phi) is 6.69. The summed E-state index contributed by atoms with van der Waals surface area (Å²) < 4.78 is 30.8. The second-order valence-corrected chi connectivity index (χ2v) is 11.7. The molecule has 174 valence electrons. The predicted octanol–water partition coefficient (Wildman–Crippen LogP) is 8.28. The highest BCUT2D eigenvalue weighted by Gasteiger charge is 2.32. The fourth-order valence-corrected chi connectivity index (χ4v) is 7.54. The topological polar surface area (TPSA) is 39.1 Å². The fraction of sp³-hybridized carbons (Fsp3) is 0.0345. The van der Waals surface area contributed by atoms with Gasteiger partial charge in [0.05, 0.1) is 25.7 Å². The highest BCUT2D eigenvalue weighted by Crippen LogP contribution is 2.49. The third kappa shape index (κ3) is 4.61. The van der Waals surface area contributed by atoms with Gasteiger partial charge in [-0.25, -0.2) is 12.4 Å². The molecule has 0 amide bonds. The molecule has 5 rings (SSSR count). The van der Waals surface area contributed by atoms with E-state index in [1.165, 1.54) is 3.97 Å². The van der Waals surface area contributed by atoms with Crippen molar-refractivity contribution in [2.75, 3.05) is 0 Å². The van der Waals surface area contributed by atoms with Crippen molar-refractivity contribution in [1.82, 2.24) is 3.97 Å². The average Bonchev–Trinajstić information content (AvgIpc) is 3.18. The van der Waals surface area contributed by atoms with Gasteiger partial charge in [0.15, 0.2) is 0 Å². The van der Waals surface area contributed by atoms with Crippen LogP contribution in [0.4, 0.5) is 0 Å². The maximum atomic E-state index is 14.3. The molecule has 0 aliphatic carbocycles. The van der Waals surface area contributed by atoms with Gasteiger partial charge in [-0.15, -0.1) is 0 Å².